The Balaban J connectivity index is 1.75. The number of rotatable bonds is 4. The van der Waals surface area contributed by atoms with Crippen LogP contribution in [0.1, 0.15) is 59.7 Å². The van der Waals surface area contributed by atoms with Gasteiger partial charge >= 0.3 is 0 Å². The summed E-state index contributed by atoms with van der Waals surface area (Å²) in [5, 5.41) is 11.4. The maximum absolute atomic E-state index is 12.2. The van der Waals surface area contributed by atoms with E-state index in [0.717, 1.165) is 5.69 Å². The van der Waals surface area contributed by atoms with Crippen molar-refractivity contribution in [3.63, 3.8) is 0 Å². The summed E-state index contributed by atoms with van der Waals surface area (Å²) < 4.78 is 1.74. The first-order valence-corrected chi connectivity index (χ1v) is 7.56. The second-order valence-corrected chi connectivity index (χ2v) is 6.42. The van der Waals surface area contributed by atoms with Crippen molar-refractivity contribution in [2.24, 2.45) is 0 Å². The standard InChI is InChI=1S/C13H17N5OS/c1-7(2)18-8(3)11(16-17-18)12(19)15-13-14-6-10(20-13)9-4-5-9/h6-7,9H,4-5H2,1-3H3,(H,14,15,19). The molecule has 1 saturated carbocycles. The van der Waals surface area contributed by atoms with Crippen LogP contribution in [0.25, 0.3) is 0 Å². The summed E-state index contributed by atoms with van der Waals surface area (Å²) in [4.78, 5) is 17.7. The Morgan fingerprint density at radius 2 is 2.25 bits per heavy atom. The summed E-state index contributed by atoms with van der Waals surface area (Å²) in [6.07, 6.45) is 4.32. The van der Waals surface area contributed by atoms with Crippen molar-refractivity contribution in [1.29, 1.82) is 0 Å². The van der Waals surface area contributed by atoms with Crippen LogP contribution < -0.4 is 5.32 Å². The van der Waals surface area contributed by atoms with E-state index in [1.807, 2.05) is 27.0 Å². The molecule has 6 nitrogen and oxygen atoms in total. The van der Waals surface area contributed by atoms with E-state index in [2.05, 4.69) is 20.6 Å². The van der Waals surface area contributed by atoms with E-state index in [1.165, 1.54) is 17.7 Å². The Hall–Kier alpha value is -1.76. The molecule has 106 valence electrons. The van der Waals surface area contributed by atoms with Crippen molar-refractivity contribution in [3.05, 3.63) is 22.5 Å². The maximum atomic E-state index is 12.2. The molecule has 0 radical (unpaired) electrons. The van der Waals surface area contributed by atoms with Gasteiger partial charge in [0.15, 0.2) is 10.8 Å². The minimum atomic E-state index is -0.244. The number of hydrogen-bond acceptors (Lipinski definition) is 5. The molecular formula is C13H17N5OS. The van der Waals surface area contributed by atoms with Crippen LogP contribution in [0.4, 0.5) is 5.13 Å². The van der Waals surface area contributed by atoms with Crippen LogP contribution in [-0.4, -0.2) is 25.9 Å². The molecule has 20 heavy (non-hydrogen) atoms. The van der Waals surface area contributed by atoms with Gasteiger partial charge < -0.3 is 0 Å². The molecule has 0 spiro atoms. The molecule has 0 aromatic carbocycles. The van der Waals surface area contributed by atoms with Crippen LogP contribution in [-0.2, 0) is 0 Å². The van der Waals surface area contributed by atoms with Gasteiger partial charge in [0.2, 0.25) is 0 Å². The summed E-state index contributed by atoms with van der Waals surface area (Å²) in [7, 11) is 0. The monoisotopic (exact) mass is 291 g/mol. The van der Waals surface area contributed by atoms with E-state index in [0.29, 0.717) is 16.7 Å². The van der Waals surface area contributed by atoms with Crippen molar-refractivity contribution in [1.82, 2.24) is 20.0 Å². The minimum Gasteiger partial charge on any atom is -0.296 e. The lowest BCUT2D eigenvalue weighted by Gasteiger charge is -2.06. The lowest BCUT2D eigenvalue weighted by Crippen LogP contribution is -2.14. The summed E-state index contributed by atoms with van der Waals surface area (Å²) in [5.41, 5.74) is 1.14. The van der Waals surface area contributed by atoms with Gasteiger partial charge in [-0.05, 0) is 39.5 Å². The van der Waals surface area contributed by atoms with E-state index in [-0.39, 0.29) is 11.9 Å². The summed E-state index contributed by atoms with van der Waals surface area (Å²) in [5.74, 6) is 0.410. The van der Waals surface area contributed by atoms with Crippen molar-refractivity contribution < 1.29 is 4.79 Å². The third kappa shape index (κ3) is 2.45. The number of aromatic nitrogens is 4. The molecule has 0 aliphatic heterocycles. The van der Waals surface area contributed by atoms with Crippen molar-refractivity contribution in [2.75, 3.05) is 5.32 Å². The van der Waals surface area contributed by atoms with Crippen LogP contribution in [0.3, 0.4) is 0 Å². The molecule has 1 N–H and O–H groups in total. The number of nitrogens with one attached hydrogen (secondary N) is 1. The Morgan fingerprint density at radius 3 is 2.85 bits per heavy atom. The number of amides is 1. The highest BCUT2D eigenvalue weighted by atomic mass is 32.1. The lowest BCUT2D eigenvalue weighted by molar-refractivity contribution is 0.102. The zero-order valence-corrected chi connectivity index (χ0v) is 12.6. The molecular weight excluding hydrogens is 274 g/mol. The largest absolute Gasteiger partial charge is 0.296 e. The van der Waals surface area contributed by atoms with Gasteiger partial charge in [0, 0.05) is 17.1 Å². The van der Waals surface area contributed by atoms with Crippen molar-refractivity contribution in [2.45, 2.75) is 45.6 Å². The highest BCUT2D eigenvalue weighted by Gasteiger charge is 2.26. The van der Waals surface area contributed by atoms with Crippen molar-refractivity contribution >= 4 is 22.4 Å². The van der Waals surface area contributed by atoms with Crippen LogP contribution in [0.2, 0.25) is 0 Å². The molecule has 2 heterocycles. The molecule has 0 unspecified atom stereocenters. The quantitative estimate of drug-likeness (QED) is 0.940. The third-order valence-corrected chi connectivity index (χ3v) is 4.43. The van der Waals surface area contributed by atoms with E-state index in [1.54, 1.807) is 16.0 Å². The van der Waals surface area contributed by atoms with Crippen LogP contribution in [0.5, 0.6) is 0 Å². The molecule has 0 saturated heterocycles. The summed E-state index contributed by atoms with van der Waals surface area (Å²) in [6.45, 7) is 5.87. The minimum absolute atomic E-state index is 0.186. The Labute approximate surface area is 121 Å². The summed E-state index contributed by atoms with van der Waals surface area (Å²) >= 11 is 1.55. The zero-order chi connectivity index (χ0) is 14.3. The smallest absolute Gasteiger partial charge is 0.279 e. The highest BCUT2D eigenvalue weighted by molar-refractivity contribution is 7.15. The number of thiazole rings is 1. The Morgan fingerprint density at radius 1 is 1.50 bits per heavy atom. The molecule has 0 atom stereocenters. The number of anilines is 1. The maximum Gasteiger partial charge on any atom is 0.279 e. The Bertz CT molecular complexity index is 641. The first-order valence-electron chi connectivity index (χ1n) is 6.75. The van der Waals surface area contributed by atoms with Crippen LogP contribution in [0.15, 0.2) is 6.20 Å². The fraction of sp³-hybridized carbons (Fsp3) is 0.538. The number of carbonyl (C=O) groups excluding carboxylic acids is 1. The zero-order valence-electron chi connectivity index (χ0n) is 11.8. The van der Waals surface area contributed by atoms with Gasteiger partial charge in [-0.15, -0.1) is 16.4 Å². The summed E-state index contributed by atoms with van der Waals surface area (Å²) in [6, 6.07) is 0.186. The van der Waals surface area contributed by atoms with Gasteiger partial charge in [-0.25, -0.2) is 9.67 Å². The molecule has 1 aliphatic carbocycles. The first-order chi connectivity index (χ1) is 9.56. The molecule has 1 aliphatic rings. The van der Waals surface area contributed by atoms with E-state index in [4.69, 9.17) is 0 Å². The van der Waals surface area contributed by atoms with E-state index < -0.39 is 0 Å². The van der Waals surface area contributed by atoms with Crippen LogP contribution >= 0.6 is 11.3 Å². The average Bonchev–Trinajstić information content (AvgIpc) is 3.02. The number of hydrogen-bond donors (Lipinski definition) is 1. The molecule has 3 rings (SSSR count). The average molecular weight is 291 g/mol. The predicted octanol–water partition coefficient (Wildman–Crippen LogP) is 2.75. The van der Waals surface area contributed by atoms with Gasteiger partial charge in [-0.1, -0.05) is 5.21 Å². The van der Waals surface area contributed by atoms with E-state index in [9.17, 15) is 4.79 Å². The lowest BCUT2D eigenvalue weighted by atomic mass is 10.3. The van der Waals surface area contributed by atoms with E-state index >= 15 is 0 Å². The molecule has 2 aromatic rings. The first kappa shape index (κ1) is 13.2. The third-order valence-electron chi connectivity index (χ3n) is 3.36. The van der Waals surface area contributed by atoms with Crippen molar-refractivity contribution in [3.8, 4) is 0 Å². The van der Waals surface area contributed by atoms with Gasteiger partial charge in [0.25, 0.3) is 5.91 Å². The molecule has 1 amide bonds. The topological polar surface area (TPSA) is 72.7 Å². The highest BCUT2D eigenvalue weighted by Crippen LogP contribution is 2.43. The second-order valence-electron chi connectivity index (χ2n) is 5.36. The predicted molar refractivity (Wildman–Crippen MR) is 77.2 cm³/mol. The number of carbonyl (C=O) groups is 1. The van der Waals surface area contributed by atoms with Crippen LogP contribution in [0, 0.1) is 6.92 Å². The van der Waals surface area contributed by atoms with Gasteiger partial charge in [-0.2, -0.15) is 0 Å². The second kappa shape index (κ2) is 4.97. The van der Waals surface area contributed by atoms with Gasteiger partial charge in [-0.3, -0.25) is 10.1 Å². The molecule has 7 heteroatoms. The molecule has 0 bridgehead atoms. The fourth-order valence-electron chi connectivity index (χ4n) is 2.10. The Kier molecular flexibility index (Phi) is 3.29. The fourth-order valence-corrected chi connectivity index (χ4v) is 3.08. The SMILES string of the molecule is Cc1c(C(=O)Nc2ncc(C3CC3)s2)nnn1C(C)C. The molecule has 2 aromatic heterocycles. The number of nitrogens with zero attached hydrogens (tertiary/aromatic N) is 4. The normalized spacial score (nSPS) is 14.8. The molecule has 1 fully saturated rings. The van der Waals surface area contributed by atoms with Gasteiger partial charge in [0.1, 0.15) is 0 Å². The van der Waals surface area contributed by atoms with Gasteiger partial charge in [0.05, 0.1) is 5.69 Å².